The van der Waals surface area contributed by atoms with Crippen molar-refractivity contribution in [3.8, 4) is 0 Å². The first-order valence-electron chi connectivity index (χ1n) is 13.5. The second kappa shape index (κ2) is 14.9. The second-order valence-corrected chi connectivity index (χ2v) is 11.1. The number of alkyl halides is 6. The van der Waals surface area contributed by atoms with Crippen LogP contribution in [0.25, 0.3) is 0 Å². The molecule has 234 valence electrons. The normalized spacial score (nSPS) is 17.0. The number of aliphatic imine (C=N–C) groups is 1. The summed E-state index contributed by atoms with van der Waals surface area (Å²) in [6, 6.07) is 15.5. The van der Waals surface area contributed by atoms with Gasteiger partial charge in [0.05, 0.1) is 17.2 Å². The molecule has 1 heterocycles. The van der Waals surface area contributed by atoms with Crippen LogP contribution < -0.4 is 16.0 Å². The van der Waals surface area contributed by atoms with Crippen LogP contribution in [0, 0.1) is 11.8 Å². The highest BCUT2D eigenvalue weighted by molar-refractivity contribution is 7.99. The number of carbonyl (C=O) groups excluding carboxylic acids is 3. The molecule has 0 aromatic heterocycles. The Morgan fingerprint density at radius 1 is 0.953 bits per heavy atom. The number of nitrogens with two attached hydrogens (primary N) is 1. The van der Waals surface area contributed by atoms with E-state index in [1.807, 2.05) is 0 Å². The summed E-state index contributed by atoms with van der Waals surface area (Å²) in [4.78, 5) is 45.9. The summed E-state index contributed by atoms with van der Waals surface area (Å²) in [5.41, 5.74) is 7.32. The van der Waals surface area contributed by atoms with Crippen molar-refractivity contribution in [2.24, 2.45) is 22.6 Å². The van der Waals surface area contributed by atoms with Crippen LogP contribution in [0.5, 0.6) is 0 Å². The van der Waals surface area contributed by atoms with Gasteiger partial charge >= 0.3 is 12.4 Å². The molecular formula is C29H32F6N4O3S. The first-order valence-corrected chi connectivity index (χ1v) is 14.6. The first-order chi connectivity index (χ1) is 20.2. The molecule has 1 aliphatic rings. The minimum absolute atomic E-state index is 0.171. The van der Waals surface area contributed by atoms with Crippen LogP contribution in [-0.4, -0.2) is 66.9 Å². The standard InChI is InChI=1S/C29H32F6N4O3S/c1-39-22-10-6-5-9-21(22)24(18-7-3-2-4-8-18)37-25(27(39)42)38-26(41)20(12-14-29(33,34)35)19(11-13-28(30,31)32)23(40)17-43-16-15-36/h2-10,19-20,25H,11-17,36H2,1H3,(H,38,41)/t19-,20+,25+/m0/s1. The summed E-state index contributed by atoms with van der Waals surface area (Å²) in [6.07, 6.45) is -15.9. The Morgan fingerprint density at radius 3 is 2.14 bits per heavy atom. The predicted octanol–water partition coefficient (Wildman–Crippen LogP) is 5.12. The fourth-order valence-corrected chi connectivity index (χ4v) is 5.51. The van der Waals surface area contributed by atoms with Crippen LogP contribution >= 0.6 is 11.8 Å². The lowest BCUT2D eigenvalue weighted by Gasteiger charge is -2.28. The minimum Gasteiger partial charge on any atom is -0.330 e. The number of benzodiazepines with no additional fused rings is 1. The van der Waals surface area contributed by atoms with Gasteiger partial charge in [-0.1, -0.05) is 48.5 Å². The number of hydrogen-bond donors (Lipinski definition) is 2. The van der Waals surface area contributed by atoms with Gasteiger partial charge in [0.2, 0.25) is 12.1 Å². The van der Waals surface area contributed by atoms with Crippen molar-refractivity contribution in [1.29, 1.82) is 0 Å². The van der Waals surface area contributed by atoms with E-state index in [-0.39, 0.29) is 18.1 Å². The van der Waals surface area contributed by atoms with Gasteiger partial charge in [0.15, 0.2) is 0 Å². The quantitative estimate of drug-likeness (QED) is 0.236. The number of thioether (sulfide) groups is 1. The monoisotopic (exact) mass is 630 g/mol. The molecule has 43 heavy (non-hydrogen) atoms. The SMILES string of the molecule is CN1C(=O)[C@@H](NC(=O)[C@H](CCC(F)(F)F)[C@H](CCC(F)(F)F)C(=O)CSCCN)N=C(c2ccccc2)c2ccccc21. The lowest BCUT2D eigenvalue weighted by molar-refractivity contribution is -0.152. The number of halogens is 6. The van der Waals surface area contributed by atoms with Gasteiger partial charge in [0.1, 0.15) is 5.78 Å². The van der Waals surface area contributed by atoms with E-state index in [4.69, 9.17) is 5.73 Å². The third kappa shape index (κ3) is 9.82. The number of amides is 2. The maximum absolute atomic E-state index is 13.6. The maximum atomic E-state index is 13.6. The van der Waals surface area contributed by atoms with Gasteiger partial charge < -0.3 is 16.0 Å². The highest BCUT2D eigenvalue weighted by Crippen LogP contribution is 2.34. The molecule has 3 atom stereocenters. The van der Waals surface area contributed by atoms with Crippen LogP contribution in [-0.2, 0) is 14.4 Å². The number of nitrogens with one attached hydrogen (secondary N) is 1. The van der Waals surface area contributed by atoms with E-state index < -0.39 is 73.6 Å². The lowest BCUT2D eigenvalue weighted by atomic mass is 9.81. The van der Waals surface area contributed by atoms with E-state index in [0.29, 0.717) is 22.5 Å². The molecule has 3 N–H and O–H groups in total. The molecule has 0 saturated heterocycles. The molecule has 0 spiro atoms. The number of Topliss-reactive ketones (excluding diaryl/α,β-unsaturated/α-hetero) is 1. The zero-order chi connectivity index (χ0) is 31.8. The maximum Gasteiger partial charge on any atom is 0.389 e. The molecule has 0 aliphatic carbocycles. The fraction of sp³-hybridized carbons (Fsp3) is 0.448. The van der Waals surface area contributed by atoms with E-state index in [9.17, 15) is 40.7 Å². The number of nitrogens with zero attached hydrogens (tertiary/aromatic N) is 2. The van der Waals surface area contributed by atoms with Crippen molar-refractivity contribution in [2.45, 2.75) is 44.2 Å². The van der Waals surface area contributed by atoms with Crippen molar-refractivity contribution in [3.05, 3.63) is 65.7 Å². The molecular weight excluding hydrogens is 598 g/mol. The number of hydrogen-bond acceptors (Lipinski definition) is 6. The largest absolute Gasteiger partial charge is 0.389 e. The predicted molar refractivity (Wildman–Crippen MR) is 153 cm³/mol. The molecule has 2 aromatic rings. The van der Waals surface area contributed by atoms with Gasteiger partial charge in [0.25, 0.3) is 5.91 Å². The van der Waals surface area contributed by atoms with Gasteiger partial charge in [-0.3, -0.25) is 14.4 Å². The summed E-state index contributed by atoms with van der Waals surface area (Å²) in [5.74, 6) is -6.20. The van der Waals surface area contributed by atoms with Crippen molar-refractivity contribution in [1.82, 2.24) is 5.32 Å². The van der Waals surface area contributed by atoms with Crippen molar-refractivity contribution < 1.29 is 40.7 Å². The zero-order valence-electron chi connectivity index (χ0n) is 23.3. The summed E-state index contributed by atoms with van der Waals surface area (Å²) < 4.78 is 79.4. The molecule has 14 heteroatoms. The van der Waals surface area contributed by atoms with Crippen LogP contribution in [0.2, 0.25) is 0 Å². The number of fused-ring (bicyclic) bond motifs is 1. The van der Waals surface area contributed by atoms with E-state index >= 15 is 0 Å². The number of benzene rings is 2. The third-order valence-electron chi connectivity index (χ3n) is 6.89. The lowest BCUT2D eigenvalue weighted by Crippen LogP contribution is -2.49. The van der Waals surface area contributed by atoms with Gasteiger partial charge in [-0.15, -0.1) is 0 Å². The molecule has 0 saturated carbocycles. The average molecular weight is 631 g/mol. The number of likely N-dealkylation sites (N-methyl/N-ethyl adjacent to an activating group) is 1. The summed E-state index contributed by atoms with van der Waals surface area (Å²) >= 11 is 1.01. The van der Waals surface area contributed by atoms with Gasteiger partial charge in [-0.2, -0.15) is 38.1 Å². The Labute approximate surface area is 249 Å². The summed E-state index contributed by atoms with van der Waals surface area (Å²) in [7, 11) is 1.44. The molecule has 1 aliphatic heterocycles. The fourth-order valence-electron chi connectivity index (χ4n) is 4.79. The first kappa shape index (κ1) is 34.1. The van der Waals surface area contributed by atoms with Crippen molar-refractivity contribution in [3.63, 3.8) is 0 Å². The Morgan fingerprint density at radius 2 is 1.53 bits per heavy atom. The van der Waals surface area contributed by atoms with Crippen LogP contribution in [0.4, 0.5) is 32.0 Å². The highest BCUT2D eigenvalue weighted by atomic mass is 32.2. The Balaban J connectivity index is 2.02. The molecule has 7 nitrogen and oxygen atoms in total. The molecule has 3 rings (SSSR count). The number of carbonyl (C=O) groups is 3. The second-order valence-electron chi connectivity index (χ2n) is 10.00. The third-order valence-corrected chi connectivity index (χ3v) is 7.90. The van der Waals surface area contributed by atoms with E-state index in [1.54, 1.807) is 54.6 Å². The Hall–Kier alpha value is -3.39. The van der Waals surface area contributed by atoms with Crippen LogP contribution in [0.3, 0.4) is 0 Å². The van der Waals surface area contributed by atoms with Crippen molar-refractivity contribution in [2.75, 3.05) is 30.0 Å². The van der Waals surface area contributed by atoms with Gasteiger partial charge in [0, 0.05) is 55.1 Å². The molecule has 2 amide bonds. The topological polar surface area (TPSA) is 105 Å². The van der Waals surface area contributed by atoms with E-state index in [0.717, 1.165) is 11.8 Å². The smallest absolute Gasteiger partial charge is 0.330 e. The number of rotatable bonds is 13. The van der Waals surface area contributed by atoms with E-state index in [1.165, 1.54) is 11.9 Å². The zero-order valence-corrected chi connectivity index (χ0v) is 24.1. The molecule has 0 bridgehead atoms. The highest BCUT2D eigenvalue weighted by Gasteiger charge is 2.41. The average Bonchev–Trinajstić information content (AvgIpc) is 3.04. The number of ketones is 1. The van der Waals surface area contributed by atoms with Gasteiger partial charge in [-0.05, 0) is 18.9 Å². The Kier molecular flexibility index (Phi) is 11.8. The van der Waals surface area contributed by atoms with E-state index in [2.05, 4.69) is 10.3 Å². The summed E-state index contributed by atoms with van der Waals surface area (Å²) in [5, 5.41) is 2.36. The van der Waals surface area contributed by atoms with Crippen LogP contribution in [0.1, 0.15) is 36.8 Å². The minimum atomic E-state index is -4.75. The number of para-hydroxylation sites is 1. The molecule has 0 unspecified atom stereocenters. The molecule has 2 aromatic carbocycles. The summed E-state index contributed by atoms with van der Waals surface area (Å²) in [6.45, 7) is 0.171. The molecule has 0 radical (unpaired) electrons. The van der Waals surface area contributed by atoms with Gasteiger partial charge in [-0.25, -0.2) is 4.99 Å². The number of anilines is 1. The van der Waals surface area contributed by atoms with Crippen LogP contribution in [0.15, 0.2) is 59.6 Å². The Bertz CT molecular complexity index is 1300. The van der Waals surface area contributed by atoms with Crippen molar-refractivity contribution >= 4 is 40.8 Å². The molecule has 0 fully saturated rings.